The Morgan fingerprint density at radius 3 is 2.73 bits per heavy atom. The number of methoxy groups -OCH3 is 1. The highest BCUT2D eigenvalue weighted by atomic mass is 35.5. The van der Waals surface area contributed by atoms with E-state index in [1.165, 1.54) is 7.11 Å². The number of anilines is 3. The van der Waals surface area contributed by atoms with Gasteiger partial charge in [0.1, 0.15) is 5.75 Å². The molecule has 2 bridgehead atoms. The van der Waals surface area contributed by atoms with Crippen molar-refractivity contribution in [3.05, 3.63) is 81.2 Å². The molecule has 2 aliphatic heterocycles. The fourth-order valence-electron chi connectivity index (χ4n) is 5.02. The van der Waals surface area contributed by atoms with Gasteiger partial charge >= 0.3 is 0 Å². The van der Waals surface area contributed by atoms with Crippen molar-refractivity contribution in [2.75, 3.05) is 36.1 Å². The molecule has 3 heterocycles. The first-order valence-corrected chi connectivity index (χ1v) is 11.3. The highest BCUT2D eigenvalue weighted by Crippen LogP contribution is 2.38. The maximum Gasteiger partial charge on any atom is 0.255 e. The van der Waals surface area contributed by atoms with E-state index in [9.17, 15) is 9.59 Å². The van der Waals surface area contributed by atoms with Crippen LogP contribution in [0.15, 0.2) is 59.4 Å². The Balaban J connectivity index is 1.34. The van der Waals surface area contributed by atoms with Crippen LogP contribution < -0.4 is 26.2 Å². The van der Waals surface area contributed by atoms with Crippen LogP contribution in [0.1, 0.15) is 28.4 Å². The molecule has 8 heteroatoms. The number of amides is 1. The van der Waals surface area contributed by atoms with Crippen molar-refractivity contribution in [3.63, 3.8) is 0 Å². The summed E-state index contributed by atoms with van der Waals surface area (Å²) in [6.45, 7) is 2.35. The van der Waals surface area contributed by atoms with E-state index in [1.807, 2.05) is 22.8 Å². The topological polar surface area (TPSA) is 89.6 Å². The Kier molecular flexibility index (Phi) is 5.50. The molecule has 1 fully saturated rings. The van der Waals surface area contributed by atoms with E-state index in [0.717, 1.165) is 37.4 Å². The van der Waals surface area contributed by atoms with Gasteiger partial charge in [-0.2, -0.15) is 0 Å². The molecule has 3 N–H and O–H groups in total. The molecular formula is C25H25ClN4O3. The smallest absolute Gasteiger partial charge is 0.255 e. The molecule has 5 rings (SSSR count). The van der Waals surface area contributed by atoms with Crippen molar-refractivity contribution >= 4 is 34.6 Å². The van der Waals surface area contributed by atoms with Crippen LogP contribution in [0.3, 0.4) is 0 Å². The zero-order chi connectivity index (χ0) is 23.1. The van der Waals surface area contributed by atoms with Crippen LogP contribution in [0.4, 0.5) is 17.1 Å². The monoisotopic (exact) mass is 464 g/mol. The summed E-state index contributed by atoms with van der Waals surface area (Å²) in [5, 5.41) is 3.27. The minimum absolute atomic E-state index is 0.0728. The summed E-state index contributed by atoms with van der Waals surface area (Å²) in [5.74, 6) is 0.951. The summed E-state index contributed by atoms with van der Waals surface area (Å²) in [4.78, 5) is 27.3. The van der Waals surface area contributed by atoms with Crippen molar-refractivity contribution in [1.29, 1.82) is 0 Å². The van der Waals surface area contributed by atoms with E-state index in [1.54, 1.807) is 36.4 Å². The Bertz CT molecular complexity index is 1290. The summed E-state index contributed by atoms with van der Waals surface area (Å²) < 4.78 is 7.06. The second-order valence-electron chi connectivity index (χ2n) is 8.68. The molecule has 2 aliphatic rings. The Labute approximate surface area is 196 Å². The van der Waals surface area contributed by atoms with Crippen LogP contribution in [0.25, 0.3) is 0 Å². The summed E-state index contributed by atoms with van der Waals surface area (Å²) in [6.07, 6.45) is 1.07. The van der Waals surface area contributed by atoms with Crippen molar-refractivity contribution in [1.82, 2.24) is 4.57 Å². The van der Waals surface area contributed by atoms with Crippen molar-refractivity contribution in [3.8, 4) is 5.75 Å². The van der Waals surface area contributed by atoms with E-state index < -0.39 is 0 Å². The van der Waals surface area contributed by atoms with E-state index in [-0.39, 0.29) is 17.4 Å². The molecule has 0 unspecified atom stereocenters. The molecule has 1 amide bonds. The number of benzene rings is 2. The maximum absolute atomic E-state index is 12.8. The van der Waals surface area contributed by atoms with E-state index >= 15 is 0 Å². The van der Waals surface area contributed by atoms with Gasteiger partial charge < -0.3 is 25.3 Å². The number of nitrogens with one attached hydrogen (secondary N) is 1. The average molecular weight is 465 g/mol. The molecule has 2 atom stereocenters. The fraction of sp³-hybridized carbons (Fsp3) is 0.280. The van der Waals surface area contributed by atoms with Gasteiger partial charge in [-0.3, -0.25) is 9.59 Å². The first kappa shape index (κ1) is 21.4. The molecule has 33 heavy (non-hydrogen) atoms. The molecule has 170 valence electrons. The van der Waals surface area contributed by atoms with Gasteiger partial charge in [0, 0.05) is 48.6 Å². The summed E-state index contributed by atoms with van der Waals surface area (Å²) in [6, 6.07) is 16.0. The molecule has 0 aliphatic carbocycles. The zero-order valence-corrected chi connectivity index (χ0v) is 19.0. The van der Waals surface area contributed by atoms with Crippen LogP contribution in [-0.2, 0) is 6.54 Å². The number of ether oxygens (including phenoxy) is 1. The number of nitrogens with two attached hydrogens (primary N) is 1. The third-order valence-electron chi connectivity index (χ3n) is 6.52. The zero-order valence-electron chi connectivity index (χ0n) is 18.3. The van der Waals surface area contributed by atoms with Crippen LogP contribution in [-0.4, -0.2) is 30.7 Å². The molecule has 0 radical (unpaired) electrons. The lowest BCUT2D eigenvalue weighted by atomic mass is 9.83. The Morgan fingerprint density at radius 1 is 1.12 bits per heavy atom. The van der Waals surface area contributed by atoms with E-state index in [0.29, 0.717) is 33.6 Å². The van der Waals surface area contributed by atoms with Gasteiger partial charge in [0.05, 0.1) is 23.5 Å². The summed E-state index contributed by atoms with van der Waals surface area (Å²) >= 11 is 6.15. The number of halogens is 1. The number of hydrogen-bond acceptors (Lipinski definition) is 5. The molecule has 1 aromatic heterocycles. The second kappa shape index (κ2) is 8.48. The van der Waals surface area contributed by atoms with Gasteiger partial charge in [0.25, 0.3) is 11.5 Å². The number of piperidine rings is 1. The van der Waals surface area contributed by atoms with E-state index in [2.05, 4.69) is 10.2 Å². The van der Waals surface area contributed by atoms with Crippen molar-refractivity contribution in [2.24, 2.45) is 5.92 Å². The maximum atomic E-state index is 12.8. The molecule has 3 aromatic rings. The highest BCUT2D eigenvalue weighted by molar-refractivity contribution is 6.32. The third kappa shape index (κ3) is 4.04. The predicted octanol–water partition coefficient (Wildman–Crippen LogP) is 3.97. The lowest BCUT2D eigenvalue weighted by Crippen LogP contribution is -2.47. The molecule has 1 saturated heterocycles. The minimum Gasteiger partial charge on any atom is -0.495 e. The number of carbonyl (C=O) groups is 1. The molecule has 0 spiro atoms. The number of nitrogens with zero attached hydrogens (tertiary/aromatic N) is 2. The van der Waals surface area contributed by atoms with Crippen LogP contribution in [0.2, 0.25) is 5.02 Å². The largest absolute Gasteiger partial charge is 0.495 e. The minimum atomic E-state index is -0.265. The molecule has 0 saturated carbocycles. The second-order valence-corrected chi connectivity index (χ2v) is 9.09. The lowest BCUT2D eigenvalue weighted by molar-refractivity contribution is 0.102. The first-order chi connectivity index (χ1) is 15.9. The highest BCUT2D eigenvalue weighted by Gasteiger charge is 2.35. The van der Waals surface area contributed by atoms with Gasteiger partial charge in [-0.1, -0.05) is 17.7 Å². The number of nitrogen functional groups attached to an aromatic ring is 1. The number of carbonyl (C=O) groups excluding carboxylic acids is 1. The quantitative estimate of drug-likeness (QED) is 0.570. The summed E-state index contributed by atoms with van der Waals surface area (Å²) in [5.41, 5.74) is 10.1. The SMILES string of the molecule is COc1ccc(NC(=O)c2ccc(N3C[C@H]4C[C@@H](C3)c3cccc(=O)n3C4)c(N)c2)cc1Cl. The number of hydrogen-bond donors (Lipinski definition) is 2. The van der Waals surface area contributed by atoms with Gasteiger partial charge in [-0.05, 0) is 54.8 Å². The van der Waals surface area contributed by atoms with Crippen LogP contribution >= 0.6 is 11.6 Å². The van der Waals surface area contributed by atoms with Crippen LogP contribution in [0.5, 0.6) is 5.75 Å². The Morgan fingerprint density at radius 2 is 1.97 bits per heavy atom. The van der Waals surface area contributed by atoms with Crippen molar-refractivity contribution < 1.29 is 9.53 Å². The normalized spacial score (nSPS) is 19.0. The Hall–Kier alpha value is -3.45. The van der Waals surface area contributed by atoms with E-state index in [4.69, 9.17) is 22.1 Å². The van der Waals surface area contributed by atoms with Crippen LogP contribution in [0, 0.1) is 5.92 Å². The third-order valence-corrected chi connectivity index (χ3v) is 6.82. The number of rotatable bonds is 4. The standard InChI is InChI=1S/C25H25ClN4O3/c1-33-23-8-6-18(11-19(23)26)28-25(32)16-5-7-22(20(27)10-16)29-12-15-9-17(14-29)21-3-2-4-24(31)30(21)13-15/h2-8,10-11,15,17H,9,12-14,27H2,1H3,(H,28,32)/t15-,17+/m1/s1. The van der Waals surface area contributed by atoms with Gasteiger partial charge in [-0.15, -0.1) is 0 Å². The van der Waals surface area contributed by atoms with Crippen molar-refractivity contribution in [2.45, 2.75) is 18.9 Å². The first-order valence-electron chi connectivity index (χ1n) is 10.9. The lowest BCUT2D eigenvalue weighted by Gasteiger charge is -2.44. The predicted molar refractivity (Wildman–Crippen MR) is 131 cm³/mol. The molecular weight excluding hydrogens is 440 g/mol. The number of fused-ring (bicyclic) bond motifs is 4. The van der Waals surface area contributed by atoms with Gasteiger partial charge in [-0.25, -0.2) is 0 Å². The molecule has 2 aromatic carbocycles. The average Bonchev–Trinajstić information content (AvgIpc) is 2.80. The van der Waals surface area contributed by atoms with Gasteiger partial charge in [0.15, 0.2) is 0 Å². The summed E-state index contributed by atoms with van der Waals surface area (Å²) in [7, 11) is 1.54. The fourth-order valence-corrected chi connectivity index (χ4v) is 5.28. The number of aromatic nitrogens is 1. The molecule has 7 nitrogen and oxygen atoms in total. The number of pyridine rings is 1. The van der Waals surface area contributed by atoms with Gasteiger partial charge in [0.2, 0.25) is 0 Å².